The number of carbonyl (C=O) groups excluding carboxylic acids is 1. The summed E-state index contributed by atoms with van der Waals surface area (Å²) in [7, 11) is -3.50. The average molecular weight is 393 g/mol. The minimum Gasteiger partial charge on any atom is -0.320 e. The molecule has 0 aliphatic carbocycles. The fraction of sp³-hybridized carbons (Fsp3) is 0.143. The van der Waals surface area contributed by atoms with Crippen molar-refractivity contribution in [2.75, 3.05) is 11.9 Å². The van der Waals surface area contributed by atoms with Gasteiger partial charge in [0.15, 0.2) is 0 Å². The van der Waals surface area contributed by atoms with Crippen LogP contribution >= 0.6 is 0 Å². The molecule has 0 spiro atoms. The Bertz CT molecular complexity index is 1140. The Hall–Kier alpha value is -3.19. The average Bonchev–Trinajstić information content (AvgIpc) is 2.94. The highest BCUT2D eigenvalue weighted by atomic mass is 32.2. The number of carbonyl (C=O) groups is 1. The number of urea groups is 1. The van der Waals surface area contributed by atoms with Gasteiger partial charge < -0.3 is 10.2 Å². The molecular weight excluding hydrogens is 374 g/mol. The highest BCUT2D eigenvalue weighted by Gasteiger charge is 2.32. The minimum atomic E-state index is -3.50. The van der Waals surface area contributed by atoms with Crippen LogP contribution in [-0.2, 0) is 16.4 Å². The molecule has 1 N–H and O–H groups in total. The number of hydrogen-bond donors (Lipinski definition) is 1. The van der Waals surface area contributed by atoms with Crippen molar-refractivity contribution in [2.24, 2.45) is 0 Å². The monoisotopic (exact) mass is 393 g/mol. The summed E-state index contributed by atoms with van der Waals surface area (Å²) in [4.78, 5) is 18.9. The van der Waals surface area contributed by atoms with E-state index in [0.29, 0.717) is 34.8 Å². The van der Waals surface area contributed by atoms with E-state index in [-0.39, 0.29) is 10.9 Å². The summed E-state index contributed by atoms with van der Waals surface area (Å²) in [6, 6.07) is 15.3. The van der Waals surface area contributed by atoms with Crippen LogP contribution in [0.25, 0.3) is 11.1 Å². The molecule has 0 unspecified atom stereocenters. The summed E-state index contributed by atoms with van der Waals surface area (Å²) in [6.45, 7) is 2.91. The Morgan fingerprint density at radius 3 is 2.46 bits per heavy atom. The molecule has 2 heterocycles. The number of sulfone groups is 1. The molecule has 0 saturated carbocycles. The third kappa shape index (κ3) is 3.14. The van der Waals surface area contributed by atoms with Crippen molar-refractivity contribution in [1.29, 1.82) is 0 Å². The molecule has 142 valence electrons. The molecule has 2 aromatic carbocycles. The summed E-state index contributed by atoms with van der Waals surface area (Å²) in [6.07, 6.45) is 3.39. The molecular formula is C21H19N3O3S. The second-order valence-electron chi connectivity index (χ2n) is 6.51. The topological polar surface area (TPSA) is 79.4 Å². The number of benzene rings is 2. The van der Waals surface area contributed by atoms with Crippen LogP contribution in [0.2, 0.25) is 0 Å². The Labute approximate surface area is 163 Å². The van der Waals surface area contributed by atoms with Gasteiger partial charge in [-0.05, 0) is 48.9 Å². The molecule has 6 nitrogen and oxygen atoms in total. The normalized spacial score (nSPS) is 13.5. The van der Waals surface area contributed by atoms with Gasteiger partial charge in [-0.15, -0.1) is 0 Å². The summed E-state index contributed by atoms with van der Waals surface area (Å²) in [5, 5.41) is 2.88. The Kier molecular flexibility index (Phi) is 4.60. The van der Waals surface area contributed by atoms with Crippen molar-refractivity contribution in [3.05, 3.63) is 72.6 Å². The number of nitrogens with one attached hydrogen (secondary N) is 1. The van der Waals surface area contributed by atoms with Crippen molar-refractivity contribution < 1.29 is 13.2 Å². The molecule has 0 fully saturated rings. The number of anilines is 1. The quantitative estimate of drug-likeness (QED) is 0.569. The molecule has 0 radical (unpaired) electrons. The summed E-state index contributed by atoms with van der Waals surface area (Å²) < 4.78 is 25.3. The number of aromatic nitrogens is 1. The number of amides is 2. The van der Waals surface area contributed by atoms with Gasteiger partial charge in [0.1, 0.15) is 0 Å². The van der Waals surface area contributed by atoms with Gasteiger partial charge >= 0.3 is 6.03 Å². The van der Waals surface area contributed by atoms with Crippen molar-refractivity contribution in [3.8, 4) is 11.1 Å². The van der Waals surface area contributed by atoms with Crippen LogP contribution < -0.4 is 5.32 Å². The van der Waals surface area contributed by atoms with Crippen molar-refractivity contribution in [2.45, 2.75) is 23.3 Å². The number of rotatable bonds is 4. The van der Waals surface area contributed by atoms with Gasteiger partial charge in [0.25, 0.3) is 0 Å². The molecule has 1 aliphatic rings. The van der Waals surface area contributed by atoms with Crippen molar-refractivity contribution in [1.82, 2.24) is 9.88 Å². The van der Waals surface area contributed by atoms with Gasteiger partial charge in [-0.2, -0.15) is 0 Å². The van der Waals surface area contributed by atoms with Gasteiger partial charge in [-0.1, -0.05) is 18.2 Å². The largest absolute Gasteiger partial charge is 0.322 e. The predicted octanol–water partition coefficient (Wildman–Crippen LogP) is 3.95. The highest BCUT2D eigenvalue weighted by molar-refractivity contribution is 7.92. The molecule has 0 saturated heterocycles. The van der Waals surface area contributed by atoms with E-state index in [0.717, 1.165) is 5.56 Å². The first kappa shape index (κ1) is 18.2. The lowest BCUT2D eigenvalue weighted by atomic mass is 10.1. The standard InChI is InChI=1S/C21H19N3O3S/c1-2-24(14-15-9-11-22-12-10-15)21(25)23-16-7-8-20-18(13-16)17-5-3-4-6-19(17)28(20,26)27/h3-13H,2,14H2,1H3,(H,23,25). The summed E-state index contributed by atoms with van der Waals surface area (Å²) in [5.41, 5.74) is 2.83. The van der Waals surface area contributed by atoms with Gasteiger partial charge in [0.2, 0.25) is 9.84 Å². The van der Waals surface area contributed by atoms with E-state index >= 15 is 0 Å². The van der Waals surface area contributed by atoms with E-state index in [1.54, 1.807) is 53.7 Å². The first-order valence-electron chi connectivity index (χ1n) is 8.94. The van der Waals surface area contributed by atoms with Crippen molar-refractivity contribution >= 4 is 21.6 Å². The second-order valence-corrected chi connectivity index (χ2v) is 8.40. The van der Waals surface area contributed by atoms with Crippen molar-refractivity contribution in [3.63, 3.8) is 0 Å². The summed E-state index contributed by atoms with van der Waals surface area (Å²) in [5.74, 6) is 0. The van der Waals surface area contributed by atoms with Gasteiger partial charge in [-0.3, -0.25) is 4.98 Å². The number of hydrogen-bond acceptors (Lipinski definition) is 4. The molecule has 4 rings (SSSR count). The second kappa shape index (κ2) is 7.09. The van der Waals surface area contributed by atoms with Crippen LogP contribution in [0.5, 0.6) is 0 Å². The maximum absolute atomic E-state index is 12.7. The van der Waals surface area contributed by atoms with E-state index in [1.807, 2.05) is 25.1 Å². The lowest BCUT2D eigenvalue weighted by Crippen LogP contribution is -2.34. The van der Waals surface area contributed by atoms with E-state index in [9.17, 15) is 13.2 Å². The zero-order valence-corrected chi connectivity index (χ0v) is 16.1. The third-order valence-electron chi connectivity index (χ3n) is 4.78. The zero-order chi connectivity index (χ0) is 19.7. The zero-order valence-electron chi connectivity index (χ0n) is 15.3. The van der Waals surface area contributed by atoms with Crippen LogP contribution in [0, 0.1) is 0 Å². The van der Waals surface area contributed by atoms with E-state index < -0.39 is 9.84 Å². The minimum absolute atomic E-state index is 0.242. The lowest BCUT2D eigenvalue weighted by molar-refractivity contribution is 0.212. The van der Waals surface area contributed by atoms with E-state index in [2.05, 4.69) is 10.3 Å². The SMILES string of the molecule is CCN(Cc1ccncc1)C(=O)Nc1ccc2c(c1)-c1ccccc1S2(=O)=O. The lowest BCUT2D eigenvalue weighted by Gasteiger charge is -2.21. The maximum atomic E-state index is 12.7. The fourth-order valence-corrected chi connectivity index (χ4v) is 5.00. The smallest absolute Gasteiger partial charge is 0.320 e. The first-order valence-corrected chi connectivity index (χ1v) is 10.4. The van der Waals surface area contributed by atoms with Crippen LogP contribution in [0.1, 0.15) is 12.5 Å². The Balaban J connectivity index is 1.60. The Morgan fingerprint density at radius 2 is 1.71 bits per heavy atom. The third-order valence-corrected chi connectivity index (χ3v) is 6.65. The molecule has 28 heavy (non-hydrogen) atoms. The van der Waals surface area contributed by atoms with Crippen LogP contribution in [-0.4, -0.2) is 30.9 Å². The van der Waals surface area contributed by atoms with Gasteiger partial charge in [0, 0.05) is 42.3 Å². The molecule has 0 atom stereocenters. The number of nitrogens with zero attached hydrogens (tertiary/aromatic N) is 2. The summed E-state index contributed by atoms with van der Waals surface area (Å²) >= 11 is 0. The Morgan fingerprint density at radius 1 is 1.00 bits per heavy atom. The molecule has 7 heteroatoms. The van der Waals surface area contributed by atoms with Gasteiger partial charge in [-0.25, -0.2) is 13.2 Å². The molecule has 1 aliphatic heterocycles. The number of fused-ring (bicyclic) bond motifs is 3. The fourth-order valence-electron chi connectivity index (χ4n) is 3.33. The van der Waals surface area contributed by atoms with Gasteiger partial charge in [0.05, 0.1) is 9.79 Å². The van der Waals surface area contributed by atoms with E-state index in [4.69, 9.17) is 0 Å². The highest BCUT2D eigenvalue weighted by Crippen LogP contribution is 2.43. The number of pyridine rings is 1. The predicted molar refractivity (Wildman–Crippen MR) is 107 cm³/mol. The van der Waals surface area contributed by atoms with Crippen LogP contribution in [0.3, 0.4) is 0 Å². The molecule has 1 aromatic heterocycles. The molecule has 2 amide bonds. The van der Waals surface area contributed by atoms with E-state index in [1.165, 1.54) is 0 Å². The maximum Gasteiger partial charge on any atom is 0.322 e. The molecule has 3 aromatic rings. The van der Waals surface area contributed by atoms with Crippen LogP contribution in [0.15, 0.2) is 76.8 Å². The molecule has 0 bridgehead atoms. The van der Waals surface area contributed by atoms with Crippen LogP contribution in [0.4, 0.5) is 10.5 Å². The first-order chi connectivity index (χ1) is 13.5.